The van der Waals surface area contributed by atoms with Gasteiger partial charge in [0.2, 0.25) is 0 Å². The second-order valence-electron chi connectivity index (χ2n) is 5.13. The van der Waals surface area contributed by atoms with E-state index in [1.165, 1.54) is 4.90 Å². The molecule has 0 radical (unpaired) electrons. The summed E-state index contributed by atoms with van der Waals surface area (Å²) in [7, 11) is 1.57. The van der Waals surface area contributed by atoms with Crippen LogP contribution in [0, 0.1) is 0 Å². The summed E-state index contributed by atoms with van der Waals surface area (Å²) in [6.07, 6.45) is 0.293. The zero-order valence-corrected chi connectivity index (χ0v) is 12.1. The fourth-order valence-electron chi connectivity index (χ4n) is 2.53. The number of carboxylic acid groups (broad SMARTS) is 1. The lowest BCUT2D eigenvalue weighted by Gasteiger charge is -2.37. The van der Waals surface area contributed by atoms with Crippen LogP contribution in [0.5, 0.6) is 5.75 Å². The third-order valence-electron chi connectivity index (χ3n) is 3.73. The van der Waals surface area contributed by atoms with Crippen LogP contribution in [0.2, 0.25) is 5.02 Å². The van der Waals surface area contributed by atoms with Gasteiger partial charge in [0.25, 0.3) is 0 Å². The van der Waals surface area contributed by atoms with E-state index in [4.69, 9.17) is 21.4 Å². The fraction of sp³-hybridized carbons (Fsp3) is 0.500. The van der Waals surface area contributed by atoms with Crippen molar-refractivity contribution in [2.75, 3.05) is 20.2 Å². The second kappa shape index (κ2) is 5.89. The summed E-state index contributed by atoms with van der Waals surface area (Å²) in [6, 6.07) is 5.29. The van der Waals surface area contributed by atoms with Gasteiger partial charge in [0.1, 0.15) is 5.75 Å². The Bertz CT molecular complexity index is 498. The van der Waals surface area contributed by atoms with E-state index in [2.05, 4.69) is 0 Å². The van der Waals surface area contributed by atoms with Gasteiger partial charge in [-0.25, -0.2) is 4.79 Å². The highest BCUT2D eigenvalue weighted by molar-refractivity contribution is 6.30. The van der Waals surface area contributed by atoms with Crippen molar-refractivity contribution in [2.24, 2.45) is 0 Å². The zero-order valence-electron chi connectivity index (χ0n) is 11.3. The van der Waals surface area contributed by atoms with Crippen molar-refractivity contribution in [3.8, 4) is 5.75 Å². The van der Waals surface area contributed by atoms with E-state index in [1.54, 1.807) is 25.3 Å². The first-order valence-electron chi connectivity index (χ1n) is 6.46. The molecule has 1 heterocycles. The Balaban J connectivity index is 2.10. The maximum atomic E-state index is 10.9. The van der Waals surface area contributed by atoms with E-state index in [9.17, 15) is 9.90 Å². The standard InChI is InChI=1S/C14H18ClNO4/c1-20-12-3-2-11(15)8-10(12)9-14(19)4-6-16(7-5-14)13(17)18/h2-3,8,19H,4-7,9H2,1H3,(H,17,18). The molecular weight excluding hydrogens is 282 g/mol. The van der Waals surface area contributed by atoms with Gasteiger partial charge in [-0.05, 0) is 36.6 Å². The first-order valence-corrected chi connectivity index (χ1v) is 6.84. The molecule has 1 aliphatic rings. The molecule has 5 nitrogen and oxygen atoms in total. The number of hydrogen-bond acceptors (Lipinski definition) is 3. The number of ether oxygens (including phenoxy) is 1. The quantitative estimate of drug-likeness (QED) is 0.899. The summed E-state index contributed by atoms with van der Waals surface area (Å²) in [5.41, 5.74) is -0.0736. The molecule has 1 fully saturated rings. The van der Waals surface area contributed by atoms with Crippen molar-refractivity contribution in [3.05, 3.63) is 28.8 Å². The Morgan fingerprint density at radius 2 is 2.10 bits per heavy atom. The van der Waals surface area contributed by atoms with Crippen molar-refractivity contribution in [1.82, 2.24) is 4.90 Å². The smallest absolute Gasteiger partial charge is 0.407 e. The van der Waals surface area contributed by atoms with Crippen LogP contribution >= 0.6 is 11.6 Å². The highest BCUT2D eigenvalue weighted by Gasteiger charge is 2.34. The van der Waals surface area contributed by atoms with E-state index in [0.717, 1.165) is 5.56 Å². The number of rotatable bonds is 3. The number of benzene rings is 1. The number of likely N-dealkylation sites (tertiary alicyclic amines) is 1. The van der Waals surface area contributed by atoms with Gasteiger partial charge in [0.05, 0.1) is 12.7 Å². The van der Waals surface area contributed by atoms with Crippen molar-refractivity contribution < 1.29 is 19.7 Å². The Morgan fingerprint density at radius 1 is 1.45 bits per heavy atom. The Hall–Kier alpha value is -1.46. The summed E-state index contributed by atoms with van der Waals surface area (Å²) < 4.78 is 5.27. The number of hydrogen-bond donors (Lipinski definition) is 2. The number of nitrogens with zero attached hydrogens (tertiary/aromatic N) is 1. The molecule has 1 saturated heterocycles. The summed E-state index contributed by atoms with van der Waals surface area (Å²) in [4.78, 5) is 12.2. The van der Waals surface area contributed by atoms with E-state index in [1.807, 2.05) is 0 Å². The predicted molar refractivity (Wildman–Crippen MR) is 75.5 cm³/mol. The maximum absolute atomic E-state index is 10.9. The average Bonchev–Trinajstić information content (AvgIpc) is 2.39. The molecule has 1 aromatic carbocycles. The van der Waals surface area contributed by atoms with Gasteiger partial charge in [-0.2, -0.15) is 0 Å². The summed E-state index contributed by atoms with van der Waals surface area (Å²) >= 11 is 5.98. The molecule has 1 aromatic rings. The van der Waals surface area contributed by atoms with Gasteiger partial charge in [0.15, 0.2) is 0 Å². The fourth-order valence-corrected chi connectivity index (χ4v) is 2.73. The summed E-state index contributed by atoms with van der Waals surface area (Å²) in [5.74, 6) is 0.684. The first-order chi connectivity index (χ1) is 9.43. The van der Waals surface area contributed by atoms with Gasteiger partial charge in [0, 0.05) is 24.5 Å². The zero-order chi connectivity index (χ0) is 14.8. The molecule has 2 N–H and O–H groups in total. The van der Waals surface area contributed by atoms with Gasteiger partial charge in [-0.15, -0.1) is 0 Å². The SMILES string of the molecule is COc1ccc(Cl)cc1CC1(O)CCN(C(=O)O)CC1. The topological polar surface area (TPSA) is 70.0 Å². The second-order valence-corrected chi connectivity index (χ2v) is 5.56. The minimum absolute atomic E-state index is 0.342. The molecule has 110 valence electrons. The minimum Gasteiger partial charge on any atom is -0.496 e. The molecule has 6 heteroatoms. The van der Waals surface area contributed by atoms with E-state index < -0.39 is 11.7 Å². The Morgan fingerprint density at radius 3 is 2.65 bits per heavy atom. The van der Waals surface area contributed by atoms with Gasteiger partial charge >= 0.3 is 6.09 Å². The number of methoxy groups -OCH3 is 1. The van der Waals surface area contributed by atoms with Crippen LogP contribution in [0.4, 0.5) is 4.79 Å². The molecule has 0 bridgehead atoms. The molecule has 0 saturated carbocycles. The van der Waals surface area contributed by atoms with Crippen molar-refractivity contribution >= 4 is 17.7 Å². The van der Waals surface area contributed by atoms with Gasteiger partial charge < -0.3 is 19.8 Å². The summed E-state index contributed by atoms with van der Waals surface area (Å²) in [6.45, 7) is 0.684. The average molecular weight is 300 g/mol. The van der Waals surface area contributed by atoms with Crippen LogP contribution in [0.25, 0.3) is 0 Å². The lowest BCUT2D eigenvalue weighted by molar-refractivity contribution is -0.0165. The largest absolute Gasteiger partial charge is 0.496 e. The third kappa shape index (κ3) is 3.35. The Kier molecular flexibility index (Phi) is 4.40. The van der Waals surface area contributed by atoms with Gasteiger partial charge in [-0.1, -0.05) is 11.6 Å². The van der Waals surface area contributed by atoms with Crippen LogP contribution < -0.4 is 4.74 Å². The minimum atomic E-state index is -0.938. The van der Waals surface area contributed by atoms with Crippen molar-refractivity contribution in [1.29, 1.82) is 0 Å². The number of carbonyl (C=O) groups is 1. The number of halogens is 1. The molecular formula is C14H18ClNO4. The lowest BCUT2D eigenvalue weighted by Crippen LogP contribution is -2.47. The van der Waals surface area contributed by atoms with Crippen LogP contribution in [0.3, 0.4) is 0 Å². The highest BCUT2D eigenvalue weighted by atomic mass is 35.5. The Labute approximate surface area is 122 Å². The normalized spacial score (nSPS) is 17.9. The monoisotopic (exact) mass is 299 g/mol. The molecule has 0 unspecified atom stereocenters. The van der Waals surface area contributed by atoms with E-state index in [0.29, 0.717) is 43.1 Å². The van der Waals surface area contributed by atoms with E-state index in [-0.39, 0.29) is 0 Å². The number of piperidine rings is 1. The molecule has 20 heavy (non-hydrogen) atoms. The molecule has 0 aromatic heterocycles. The third-order valence-corrected chi connectivity index (χ3v) is 3.96. The highest BCUT2D eigenvalue weighted by Crippen LogP contribution is 2.31. The van der Waals surface area contributed by atoms with Crippen molar-refractivity contribution in [2.45, 2.75) is 24.9 Å². The van der Waals surface area contributed by atoms with Crippen LogP contribution in [0.15, 0.2) is 18.2 Å². The lowest BCUT2D eigenvalue weighted by atomic mass is 9.85. The van der Waals surface area contributed by atoms with Crippen LogP contribution in [-0.4, -0.2) is 47.0 Å². The van der Waals surface area contributed by atoms with Crippen molar-refractivity contribution in [3.63, 3.8) is 0 Å². The molecule has 0 atom stereocenters. The van der Waals surface area contributed by atoms with Gasteiger partial charge in [-0.3, -0.25) is 0 Å². The van der Waals surface area contributed by atoms with Crippen LogP contribution in [-0.2, 0) is 6.42 Å². The molecule has 2 rings (SSSR count). The summed E-state index contributed by atoms with van der Waals surface area (Å²) in [5, 5.41) is 20.1. The number of amides is 1. The van der Waals surface area contributed by atoms with Crippen LogP contribution in [0.1, 0.15) is 18.4 Å². The maximum Gasteiger partial charge on any atom is 0.407 e. The number of aliphatic hydroxyl groups is 1. The molecule has 0 spiro atoms. The first kappa shape index (κ1) is 14.9. The molecule has 0 aliphatic carbocycles. The molecule has 1 aliphatic heterocycles. The van der Waals surface area contributed by atoms with E-state index >= 15 is 0 Å². The predicted octanol–water partition coefficient (Wildman–Crippen LogP) is 2.40. The molecule has 1 amide bonds.